The molecule has 0 spiro atoms. The summed E-state index contributed by atoms with van der Waals surface area (Å²) >= 11 is 1.73. The molecule has 4 heteroatoms. The van der Waals surface area contributed by atoms with Gasteiger partial charge in [-0.25, -0.2) is 0 Å². The SMILES string of the molecule is CC(=O)N1CC2Nc3cscc3C2C1. The van der Waals surface area contributed by atoms with Gasteiger partial charge < -0.3 is 10.2 Å². The van der Waals surface area contributed by atoms with E-state index in [1.165, 1.54) is 11.3 Å². The van der Waals surface area contributed by atoms with Crippen LogP contribution in [0.15, 0.2) is 10.8 Å². The van der Waals surface area contributed by atoms with Crippen LogP contribution in [-0.2, 0) is 4.79 Å². The van der Waals surface area contributed by atoms with Crippen molar-refractivity contribution in [1.82, 2.24) is 4.90 Å². The standard InChI is InChI=1S/C10H12N2OS/c1-6(13)12-2-7-8-4-14-5-10(8)11-9(7)3-12/h4-5,7,9,11H,2-3H2,1H3. The number of amides is 1. The molecule has 0 aromatic carbocycles. The summed E-state index contributed by atoms with van der Waals surface area (Å²) in [5.41, 5.74) is 2.69. The lowest BCUT2D eigenvalue weighted by Crippen LogP contribution is -2.29. The third-order valence-electron chi connectivity index (χ3n) is 3.20. The van der Waals surface area contributed by atoms with E-state index in [1.54, 1.807) is 18.3 Å². The summed E-state index contributed by atoms with van der Waals surface area (Å²) in [4.78, 5) is 13.2. The normalized spacial score (nSPS) is 28.5. The zero-order valence-corrected chi connectivity index (χ0v) is 8.80. The van der Waals surface area contributed by atoms with Crippen molar-refractivity contribution in [2.24, 2.45) is 0 Å². The zero-order valence-electron chi connectivity index (χ0n) is 7.99. The minimum Gasteiger partial charge on any atom is -0.379 e. The minimum atomic E-state index is 0.193. The molecule has 2 unspecified atom stereocenters. The van der Waals surface area contributed by atoms with Crippen LogP contribution in [0.3, 0.4) is 0 Å². The van der Waals surface area contributed by atoms with Crippen LogP contribution >= 0.6 is 11.3 Å². The third-order valence-corrected chi connectivity index (χ3v) is 3.96. The van der Waals surface area contributed by atoms with Gasteiger partial charge in [-0.3, -0.25) is 4.79 Å². The first kappa shape index (κ1) is 8.29. The third kappa shape index (κ3) is 1.00. The summed E-state index contributed by atoms with van der Waals surface area (Å²) in [6, 6.07) is 0.456. The average Bonchev–Trinajstić information content (AvgIpc) is 2.70. The first-order chi connectivity index (χ1) is 6.75. The van der Waals surface area contributed by atoms with E-state index in [0.29, 0.717) is 12.0 Å². The molecule has 3 nitrogen and oxygen atoms in total. The molecule has 2 aliphatic rings. The second-order valence-electron chi connectivity index (χ2n) is 4.02. The van der Waals surface area contributed by atoms with Crippen molar-refractivity contribution in [1.29, 1.82) is 0 Å². The van der Waals surface area contributed by atoms with Crippen LogP contribution in [-0.4, -0.2) is 29.9 Å². The maximum absolute atomic E-state index is 11.2. The highest BCUT2D eigenvalue weighted by Crippen LogP contribution is 2.42. The Hall–Kier alpha value is -1.03. The van der Waals surface area contributed by atoms with Gasteiger partial charge in [-0.1, -0.05) is 0 Å². The summed E-state index contributed by atoms with van der Waals surface area (Å²) in [7, 11) is 0. The van der Waals surface area contributed by atoms with Crippen molar-refractivity contribution in [3.63, 3.8) is 0 Å². The number of carbonyl (C=O) groups is 1. The van der Waals surface area contributed by atoms with Crippen LogP contribution < -0.4 is 5.32 Å². The number of hydrogen-bond donors (Lipinski definition) is 1. The molecule has 0 radical (unpaired) electrons. The Labute approximate surface area is 86.7 Å². The highest BCUT2D eigenvalue weighted by atomic mass is 32.1. The zero-order chi connectivity index (χ0) is 9.71. The van der Waals surface area contributed by atoms with Gasteiger partial charge in [-0.2, -0.15) is 0 Å². The van der Waals surface area contributed by atoms with E-state index in [0.717, 1.165) is 13.1 Å². The summed E-state index contributed by atoms with van der Waals surface area (Å²) in [5, 5.41) is 7.84. The number of nitrogens with one attached hydrogen (secondary N) is 1. The van der Waals surface area contributed by atoms with Crippen LogP contribution in [0.2, 0.25) is 0 Å². The smallest absolute Gasteiger partial charge is 0.219 e. The van der Waals surface area contributed by atoms with Crippen molar-refractivity contribution >= 4 is 22.9 Å². The molecule has 3 rings (SSSR count). The van der Waals surface area contributed by atoms with Gasteiger partial charge >= 0.3 is 0 Å². The van der Waals surface area contributed by atoms with Gasteiger partial charge in [0.05, 0.1) is 6.04 Å². The number of rotatable bonds is 0. The Balaban J connectivity index is 1.88. The molecule has 14 heavy (non-hydrogen) atoms. The molecule has 1 fully saturated rings. The van der Waals surface area contributed by atoms with Crippen LogP contribution in [0.25, 0.3) is 0 Å². The molecule has 1 aromatic rings. The highest BCUT2D eigenvalue weighted by molar-refractivity contribution is 7.08. The molecule has 3 heterocycles. The number of thiophene rings is 1. The number of nitrogens with zero attached hydrogens (tertiary/aromatic N) is 1. The van der Waals surface area contributed by atoms with Crippen LogP contribution in [0.1, 0.15) is 18.4 Å². The Morgan fingerprint density at radius 1 is 1.57 bits per heavy atom. The van der Waals surface area contributed by atoms with E-state index in [2.05, 4.69) is 16.1 Å². The van der Waals surface area contributed by atoms with Gasteiger partial charge in [-0.05, 0) is 10.9 Å². The van der Waals surface area contributed by atoms with Crippen molar-refractivity contribution < 1.29 is 4.79 Å². The van der Waals surface area contributed by atoms with Crippen LogP contribution in [0.5, 0.6) is 0 Å². The molecule has 1 saturated heterocycles. The lowest BCUT2D eigenvalue weighted by molar-refractivity contribution is -0.127. The fourth-order valence-corrected chi connectivity index (χ4v) is 3.29. The molecule has 74 valence electrons. The van der Waals surface area contributed by atoms with E-state index >= 15 is 0 Å². The molecule has 1 aromatic heterocycles. The molecule has 1 amide bonds. The predicted octanol–water partition coefficient (Wildman–Crippen LogP) is 1.49. The fraction of sp³-hybridized carbons (Fsp3) is 0.500. The van der Waals surface area contributed by atoms with E-state index in [4.69, 9.17) is 0 Å². The first-order valence-corrected chi connectivity index (χ1v) is 5.78. The molecular weight excluding hydrogens is 196 g/mol. The predicted molar refractivity (Wildman–Crippen MR) is 56.7 cm³/mol. The van der Waals surface area contributed by atoms with Crippen molar-refractivity contribution in [3.8, 4) is 0 Å². The molecule has 2 atom stereocenters. The summed E-state index contributed by atoms with van der Waals surface area (Å²) in [6.07, 6.45) is 0. The summed E-state index contributed by atoms with van der Waals surface area (Å²) in [5.74, 6) is 0.720. The van der Waals surface area contributed by atoms with Gasteiger partial charge in [0.2, 0.25) is 5.91 Å². The molecule has 0 bridgehead atoms. The van der Waals surface area contributed by atoms with E-state index in [1.807, 2.05) is 4.90 Å². The fourth-order valence-electron chi connectivity index (χ4n) is 2.43. The topological polar surface area (TPSA) is 32.3 Å². The minimum absolute atomic E-state index is 0.193. The monoisotopic (exact) mass is 208 g/mol. The van der Waals surface area contributed by atoms with E-state index in [-0.39, 0.29) is 5.91 Å². The largest absolute Gasteiger partial charge is 0.379 e. The van der Waals surface area contributed by atoms with Crippen LogP contribution in [0, 0.1) is 0 Å². The Kier molecular flexibility index (Phi) is 1.62. The lowest BCUT2D eigenvalue weighted by atomic mass is 10.0. The number of fused-ring (bicyclic) bond motifs is 3. The van der Waals surface area contributed by atoms with Gasteiger partial charge in [0.15, 0.2) is 0 Å². The van der Waals surface area contributed by atoms with Crippen molar-refractivity contribution in [3.05, 3.63) is 16.3 Å². The number of likely N-dealkylation sites (tertiary alicyclic amines) is 1. The molecule has 0 saturated carbocycles. The Morgan fingerprint density at radius 2 is 2.43 bits per heavy atom. The van der Waals surface area contributed by atoms with Gasteiger partial charge in [0.25, 0.3) is 0 Å². The van der Waals surface area contributed by atoms with Gasteiger partial charge in [0, 0.05) is 37.0 Å². The van der Waals surface area contributed by atoms with Crippen molar-refractivity contribution in [2.75, 3.05) is 18.4 Å². The lowest BCUT2D eigenvalue weighted by Gasteiger charge is -2.14. The number of anilines is 1. The van der Waals surface area contributed by atoms with Crippen LogP contribution in [0.4, 0.5) is 5.69 Å². The summed E-state index contributed by atoms with van der Waals surface area (Å²) < 4.78 is 0. The number of carbonyl (C=O) groups excluding carboxylic acids is 1. The molecule has 2 aliphatic heterocycles. The maximum atomic E-state index is 11.2. The van der Waals surface area contributed by atoms with E-state index < -0.39 is 0 Å². The molecule has 1 N–H and O–H groups in total. The van der Waals surface area contributed by atoms with E-state index in [9.17, 15) is 4.79 Å². The second-order valence-corrected chi connectivity index (χ2v) is 4.77. The average molecular weight is 208 g/mol. The molecular formula is C10H12N2OS. The van der Waals surface area contributed by atoms with Gasteiger partial charge in [-0.15, -0.1) is 11.3 Å². The second kappa shape index (κ2) is 2.73. The molecule has 0 aliphatic carbocycles. The summed E-state index contributed by atoms with van der Waals surface area (Å²) in [6.45, 7) is 3.39. The Morgan fingerprint density at radius 3 is 3.21 bits per heavy atom. The maximum Gasteiger partial charge on any atom is 0.219 e. The van der Waals surface area contributed by atoms with Crippen molar-refractivity contribution in [2.45, 2.75) is 18.9 Å². The first-order valence-electron chi connectivity index (χ1n) is 4.84. The number of hydrogen-bond acceptors (Lipinski definition) is 3. The Bertz CT molecular complexity index is 387. The quantitative estimate of drug-likeness (QED) is 0.700. The highest BCUT2D eigenvalue weighted by Gasteiger charge is 2.40. The van der Waals surface area contributed by atoms with Gasteiger partial charge in [0.1, 0.15) is 0 Å².